The van der Waals surface area contributed by atoms with E-state index in [2.05, 4.69) is 0 Å². The zero-order valence-corrected chi connectivity index (χ0v) is 9.31. The van der Waals surface area contributed by atoms with Gasteiger partial charge in [-0.05, 0) is 6.07 Å². The molecule has 0 heterocycles. The molecule has 0 radical (unpaired) electrons. The van der Waals surface area contributed by atoms with E-state index in [0.717, 1.165) is 0 Å². The van der Waals surface area contributed by atoms with Crippen LogP contribution in [0.3, 0.4) is 0 Å². The Bertz CT molecular complexity index is 383. The molecule has 1 aromatic carbocycles. The summed E-state index contributed by atoms with van der Waals surface area (Å²) in [4.78, 5) is 0. The Hall–Kier alpha value is -0.725. The van der Waals surface area contributed by atoms with E-state index in [1.807, 2.05) is 0 Å². The van der Waals surface area contributed by atoms with E-state index < -0.39 is 18.4 Å². The van der Waals surface area contributed by atoms with Crippen LogP contribution in [-0.4, -0.2) is 40.0 Å². The smallest absolute Gasteiger partial charge is 0.423 e. The van der Waals surface area contributed by atoms with Crippen molar-refractivity contribution in [3.8, 4) is 0 Å². The first-order valence-corrected chi connectivity index (χ1v) is 5.35. The van der Waals surface area contributed by atoms with Crippen molar-refractivity contribution in [1.29, 1.82) is 0 Å². The molecule has 0 aliphatic carbocycles. The molecule has 1 atom stereocenters. The fraction of sp³-hybridized carbons (Fsp3) is 0.250. The van der Waals surface area contributed by atoms with Gasteiger partial charge in [0.1, 0.15) is 5.69 Å². The molecule has 15 heavy (non-hydrogen) atoms. The molecule has 0 aromatic heterocycles. The molecular formula is C8H13BNO4S+. The van der Waals surface area contributed by atoms with E-state index in [9.17, 15) is 4.21 Å². The summed E-state index contributed by atoms with van der Waals surface area (Å²) in [5.74, 6) is 0. The number of rotatable bonds is 3. The van der Waals surface area contributed by atoms with Gasteiger partial charge in [-0.3, -0.25) is 4.55 Å². The predicted molar refractivity (Wildman–Crippen MR) is 60.7 cm³/mol. The van der Waals surface area contributed by atoms with Gasteiger partial charge in [0.05, 0.1) is 14.1 Å². The Morgan fingerprint density at radius 3 is 2.27 bits per heavy atom. The van der Waals surface area contributed by atoms with Gasteiger partial charge in [0.25, 0.3) is 0 Å². The van der Waals surface area contributed by atoms with Gasteiger partial charge in [0.15, 0.2) is 0 Å². The van der Waals surface area contributed by atoms with Gasteiger partial charge in [-0.25, -0.2) is 0 Å². The maximum Gasteiger partial charge on any atom is 0.494 e. The molecular weight excluding hydrogens is 217 g/mol. The SMILES string of the molecule is C[N+](C)(c1ccccc1B(O)O)S(=O)O. The second-order valence-electron chi connectivity index (χ2n) is 3.51. The van der Waals surface area contributed by atoms with E-state index >= 15 is 0 Å². The Morgan fingerprint density at radius 1 is 1.27 bits per heavy atom. The first-order valence-electron chi connectivity index (χ1n) is 4.28. The quantitative estimate of drug-likeness (QED) is 0.356. The molecule has 1 aromatic rings. The highest BCUT2D eigenvalue weighted by Crippen LogP contribution is 2.17. The van der Waals surface area contributed by atoms with Gasteiger partial charge in [-0.1, -0.05) is 18.2 Å². The van der Waals surface area contributed by atoms with Crippen LogP contribution in [0.2, 0.25) is 0 Å². The van der Waals surface area contributed by atoms with Crippen molar-refractivity contribution < 1.29 is 18.8 Å². The molecule has 82 valence electrons. The second kappa shape index (κ2) is 4.42. The molecule has 3 N–H and O–H groups in total. The molecule has 0 saturated heterocycles. The lowest BCUT2D eigenvalue weighted by Gasteiger charge is -2.25. The maximum atomic E-state index is 11.1. The minimum Gasteiger partial charge on any atom is -0.423 e. The summed E-state index contributed by atoms with van der Waals surface area (Å²) >= 11 is -2.14. The number of hydrogen-bond acceptors (Lipinski definition) is 3. The highest BCUT2D eigenvalue weighted by atomic mass is 32.2. The standard InChI is InChI=1S/C8H12BNO4S/c1-10(2,15(13)14)8-6-4-3-5-7(8)9(11)12/h3-6,11-12H,1-2H3/p+1. The fourth-order valence-electron chi connectivity index (χ4n) is 1.28. The van der Waals surface area contributed by atoms with Crippen molar-refractivity contribution in [2.75, 3.05) is 14.1 Å². The number of para-hydroxylation sites is 1. The fourth-order valence-corrected chi connectivity index (χ4v) is 1.61. The van der Waals surface area contributed by atoms with Crippen LogP contribution in [0.1, 0.15) is 0 Å². The Morgan fingerprint density at radius 2 is 1.80 bits per heavy atom. The van der Waals surface area contributed by atoms with Crippen LogP contribution in [0.15, 0.2) is 24.3 Å². The molecule has 5 nitrogen and oxygen atoms in total. The van der Waals surface area contributed by atoms with E-state index in [1.165, 1.54) is 20.2 Å². The van der Waals surface area contributed by atoms with Crippen molar-refractivity contribution in [1.82, 2.24) is 3.89 Å². The summed E-state index contributed by atoms with van der Waals surface area (Å²) in [6.07, 6.45) is 0. The Kier molecular flexibility index (Phi) is 3.64. The zero-order valence-electron chi connectivity index (χ0n) is 8.49. The third-order valence-electron chi connectivity index (χ3n) is 2.19. The number of benzene rings is 1. The normalized spacial score (nSPS) is 13.7. The van der Waals surface area contributed by atoms with Crippen molar-refractivity contribution >= 4 is 29.5 Å². The number of nitrogens with zero attached hydrogens (tertiary/aromatic N) is 1. The third-order valence-corrected chi connectivity index (χ3v) is 3.16. The van der Waals surface area contributed by atoms with E-state index in [4.69, 9.17) is 14.6 Å². The van der Waals surface area contributed by atoms with E-state index in [-0.39, 0.29) is 9.35 Å². The predicted octanol–water partition coefficient (Wildman–Crippen LogP) is -0.930. The van der Waals surface area contributed by atoms with Gasteiger partial charge in [0, 0.05) is 5.46 Å². The zero-order chi connectivity index (χ0) is 11.6. The van der Waals surface area contributed by atoms with Gasteiger partial charge < -0.3 is 10.0 Å². The molecule has 0 amide bonds. The van der Waals surface area contributed by atoms with Gasteiger partial charge in [-0.15, -0.1) is 0 Å². The lowest BCUT2D eigenvalue weighted by molar-refractivity contribution is 0.424. The molecule has 0 fully saturated rings. The number of quaternary nitrogens is 1. The molecule has 0 aliphatic heterocycles. The van der Waals surface area contributed by atoms with Crippen molar-refractivity contribution in [3.63, 3.8) is 0 Å². The van der Waals surface area contributed by atoms with Crippen LogP contribution in [0, 0.1) is 0 Å². The average Bonchev–Trinajstić information content (AvgIpc) is 2.17. The minimum atomic E-state index is -2.14. The first-order chi connectivity index (χ1) is 6.87. The summed E-state index contributed by atoms with van der Waals surface area (Å²) in [6, 6.07) is 6.41. The van der Waals surface area contributed by atoms with Crippen LogP contribution in [0.5, 0.6) is 0 Å². The summed E-state index contributed by atoms with van der Waals surface area (Å²) in [7, 11) is 1.37. The van der Waals surface area contributed by atoms with Gasteiger partial charge >= 0.3 is 18.4 Å². The average molecular weight is 230 g/mol. The lowest BCUT2D eigenvalue weighted by atomic mass is 9.79. The lowest BCUT2D eigenvalue weighted by Crippen LogP contribution is -2.48. The summed E-state index contributed by atoms with van der Waals surface area (Å²) in [6.45, 7) is 0. The summed E-state index contributed by atoms with van der Waals surface area (Å²) < 4.78 is 19.9. The van der Waals surface area contributed by atoms with Crippen LogP contribution < -0.4 is 9.35 Å². The minimum absolute atomic E-state index is 0.227. The van der Waals surface area contributed by atoms with Gasteiger partial charge in [-0.2, -0.15) is 8.10 Å². The summed E-state index contributed by atoms with van der Waals surface area (Å²) in [5.41, 5.74) is 0.623. The van der Waals surface area contributed by atoms with E-state index in [0.29, 0.717) is 5.69 Å². The van der Waals surface area contributed by atoms with Crippen molar-refractivity contribution in [2.45, 2.75) is 0 Å². The van der Waals surface area contributed by atoms with Gasteiger partial charge in [0.2, 0.25) is 0 Å². The topological polar surface area (TPSA) is 77.8 Å². The monoisotopic (exact) mass is 230 g/mol. The molecule has 1 rings (SSSR count). The molecule has 0 saturated carbocycles. The second-order valence-corrected chi connectivity index (χ2v) is 4.89. The van der Waals surface area contributed by atoms with Crippen molar-refractivity contribution in [2.24, 2.45) is 0 Å². The van der Waals surface area contributed by atoms with Crippen molar-refractivity contribution in [3.05, 3.63) is 24.3 Å². The van der Waals surface area contributed by atoms with Crippen LogP contribution in [-0.2, 0) is 11.3 Å². The molecule has 1 unspecified atom stereocenters. The first kappa shape index (κ1) is 12.3. The number of hydrogen-bond donors (Lipinski definition) is 3. The van der Waals surface area contributed by atoms with Crippen LogP contribution in [0.25, 0.3) is 0 Å². The molecule has 0 aliphatic rings. The highest BCUT2D eigenvalue weighted by molar-refractivity contribution is 7.78. The summed E-state index contributed by atoms with van der Waals surface area (Å²) in [5, 5.41) is 18.2. The highest BCUT2D eigenvalue weighted by Gasteiger charge is 2.32. The van der Waals surface area contributed by atoms with Crippen LogP contribution >= 0.6 is 0 Å². The Labute approximate surface area is 91.1 Å². The van der Waals surface area contributed by atoms with Crippen LogP contribution in [0.4, 0.5) is 5.69 Å². The maximum absolute atomic E-state index is 11.1. The molecule has 0 bridgehead atoms. The van der Waals surface area contributed by atoms with E-state index in [1.54, 1.807) is 18.2 Å². The molecule has 0 spiro atoms. The third kappa shape index (κ3) is 2.44. The molecule has 7 heteroatoms. The Balaban J connectivity index is 3.30. The largest absolute Gasteiger partial charge is 0.494 e.